The van der Waals surface area contributed by atoms with Crippen molar-refractivity contribution in [2.24, 2.45) is 5.41 Å². The Bertz CT molecular complexity index is 639. The number of nitrogens with one attached hydrogen (secondary N) is 1. The molecule has 154 valence electrons. The Hall–Kier alpha value is -1.43. The molecular weight excluding hydrogens is 352 g/mol. The van der Waals surface area contributed by atoms with E-state index < -0.39 is 0 Å². The Kier molecular flexibility index (Phi) is 6.04. The highest BCUT2D eigenvalue weighted by Gasteiger charge is 2.44. The molecule has 5 heteroatoms. The van der Waals surface area contributed by atoms with E-state index in [4.69, 9.17) is 9.47 Å². The van der Waals surface area contributed by atoms with E-state index >= 15 is 0 Å². The zero-order valence-electron chi connectivity index (χ0n) is 17.1. The molecule has 28 heavy (non-hydrogen) atoms. The number of ether oxygens (including phenoxy) is 2. The summed E-state index contributed by atoms with van der Waals surface area (Å²) in [5.41, 5.74) is 1.46. The molecule has 4 rings (SSSR count). The first-order chi connectivity index (χ1) is 13.7. The van der Waals surface area contributed by atoms with Gasteiger partial charge in [-0.2, -0.15) is 0 Å². The van der Waals surface area contributed by atoms with Crippen LogP contribution in [0.25, 0.3) is 0 Å². The molecule has 5 nitrogen and oxygen atoms in total. The van der Waals surface area contributed by atoms with Gasteiger partial charge in [-0.05, 0) is 57.2 Å². The molecule has 3 aliphatic rings. The summed E-state index contributed by atoms with van der Waals surface area (Å²) in [6.45, 7) is 5.48. The standard InChI is InChI=1S/C23H34N2O3/c1-27-17-22(15-24-21-14-20(21)19-6-3-2-4-7-19)10-12-25(13-11-22)16-23(28-18-26)8-5-9-23/h2-4,6-7,18,20-21,24H,5,8-17H2,1H3/t20-,21+/m0/s1. The third kappa shape index (κ3) is 4.42. The minimum Gasteiger partial charge on any atom is -0.460 e. The lowest BCUT2D eigenvalue weighted by molar-refractivity contribution is -0.157. The second-order valence-corrected chi connectivity index (χ2v) is 9.20. The molecule has 1 saturated heterocycles. The van der Waals surface area contributed by atoms with Crippen LogP contribution in [0.1, 0.15) is 50.0 Å². The number of hydrogen-bond donors (Lipinski definition) is 1. The van der Waals surface area contributed by atoms with E-state index in [9.17, 15) is 4.79 Å². The van der Waals surface area contributed by atoms with E-state index in [-0.39, 0.29) is 11.0 Å². The third-order valence-electron chi connectivity index (χ3n) is 7.20. The van der Waals surface area contributed by atoms with Gasteiger partial charge in [0.1, 0.15) is 5.60 Å². The highest BCUT2D eigenvalue weighted by molar-refractivity contribution is 5.39. The topological polar surface area (TPSA) is 50.8 Å². The van der Waals surface area contributed by atoms with Crippen molar-refractivity contribution in [3.63, 3.8) is 0 Å². The molecule has 2 saturated carbocycles. The summed E-state index contributed by atoms with van der Waals surface area (Å²) >= 11 is 0. The Morgan fingerprint density at radius 1 is 1.18 bits per heavy atom. The highest BCUT2D eigenvalue weighted by Crippen LogP contribution is 2.42. The van der Waals surface area contributed by atoms with Crippen LogP contribution >= 0.6 is 0 Å². The van der Waals surface area contributed by atoms with E-state index in [0.717, 1.165) is 58.5 Å². The van der Waals surface area contributed by atoms with Crippen LogP contribution in [0.5, 0.6) is 0 Å². The summed E-state index contributed by atoms with van der Waals surface area (Å²) in [5.74, 6) is 0.667. The molecule has 1 N–H and O–H groups in total. The van der Waals surface area contributed by atoms with Crippen LogP contribution in [-0.4, -0.2) is 62.9 Å². The molecule has 0 bridgehead atoms. The van der Waals surface area contributed by atoms with Crippen molar-refractivity contribution in [2.45, 2.75) is 56.1 Å². The van der Waals surface area contributed by atoms with E-state index in [1.807, 2.05) is 7.11 Å². The molecule has 0 unspecified atom stereocenters. The van der Waals surface area contributed by atoms with E-state index in [1.54, 1.807) is 0 Å². The van der Waals surface area contributed by atoms with Crippen LogP contribution in [0.2, 0.25) is 0 Å². The Morgan fingerprint density at radius 2 is 1.93 bits per heavy atom. The van der Waals surface area contributed by atoms with Gasteiger partial charge in [-0.15, -0.1) is 0 Å². The van der Waals surface area contributed by atoms with Gasteiger partial charge in [-0.1, -0.05) is 30.3 Å². The first-order valence-electron chi connectivity index (χ1n) is 10.8. The van der Waals surface area contributed by atoms with Crippen molar-refractivity contribution in [1.29, 1.82) is 0 Å². The summed E-state index contributed by atoms with van der Waals surface area (Å²) in [6, 6.07) is 11.4. The number of likely N-dealkylation sites (tertiary alicyclic amines) is 1. The lowest BCUT2D eigenvalue weighted by Gasteiger charge is -2.47. The van der Waals surface area contributed by atoms with Gasteiger partial charge in [0, 0.05) is 37.6 Å². The van der Waals surface area contributed by atoms with Gasteiger partial charge in [-0.3, -0.25) is 9.69 Å². The highest BCUT2D eigenvalue weighted by atomic mass is 16.5. The van der Waals surface area contributed by atoms with Gasteiger partial charge in [0.2, 0.25) is 0 Å². The average molecular weight is 387 g/mol. The number of carbonyl (C=O) groups excluding carboxylic acids is 1. The average Bonchev–Trinajstić information content (AvgIpc) is 3.47. The van der Waals surface area contributed by atoms with Crippen LogP contribution in [0.15, 0.2) is 30.3 Å². The number of carbonyl (C=O) groups is 1. The molecule has 0 radical (unpaired) electrons. The van der Waals surface area contributed by atoms with E-state index in [2.05, 4.69) is 40.5 Å². The molecule has 2 aliphatic carbocycles. The smallest absolute Gasteiger partial charge is 0.293 e. The monoisotopic (exact) mass is 386 g/mol. The quantitative estimate of drug-likeness (QED) is 0.627. The Balaban J connectivity index is 1.27. The summed E-state index contributed by atoms with van der Waals surface area (Å²) < 4.78 is 11.1. The maximum absolute atomic E-state index is 10.9. The van der Waals surface area contributed by atoms with Crippen LogP contribution in [0.3, 0.4) is 0 Å². The molecule has 1 aromatic carbocycles. The molecule has 1 heterocycles. The van der Waals surface area contributed by atoms with Gasteiger partial charge in [0.25, 0.3) is 6.47 Å². The molecule has 1 aromatic rings. The second-order valence-electron chi connectivity index (χ2n) is 9.20. The fraction of sp³-hybridized carbons (Fsp3) is 0.696. The third-order valence-corrected chi connectivity index (χ3v) is 7.20. The maximum Gasteiger partial charge on any atom is 0.293 e. The van der Waals surface area contributed by atoms with Crippen LogP contribution < -0.4 is 5.32 Å². The molecule has 3 fully saturated rings. The second kappa shape index (κ2) is 8.52. The van der Waals surface area contributed by atoms with Gasteiger partial charge in [-0.25, -0.2) is 0 Å². The first-order valence-corrected chi connectivity index (χ1v) is 10.8. The fourth-order valence-electron chi connectivity index (χ4n) is 5.09. The molecule has 0 amide bonds. The molecular formula is C23H34N2O3. The minimum absolute atomic E-state index is 0.210. The Labute approximate surface area is 168 Å². The van der Waals surface area contributed by atoms with Crippen molar-refractivity contribution in [3.05, 3.63) is 35.9 Å². The van der Waals surface area contributed by atoms with Gasteiger partial charge >= 0.3 is 0 Å². The lowest BCUT2D eigenvalue weighted by Crippen LogP contribution is -2.54. The summed E-state index contributed by atoms with van der Waals surface area (Å²) in [7, 11) is 1.82. The number of rotatable bonds is 10. The summed E-state index contributed by atoms with van der Waals surface area (Å²) in [4.78, 5) is 13.3. The van der Waals surface area contributed by atoms with Gasteiger partial charge < -0.3 is 14.8 Å². The largest absolute Gasteiger partial charge is 0.460 e. The summed E-state index contributed by atoms with van der Waals surface area (Å²) in [5, 5.41) is 3.84. The molecule has 1 aliphatic heterocycles. The van der Waals surface area contributed by atoms with Crippen LogP contribution in [0.4, 0.5) is 0 Å². The molecule has 0 aromatic heterocycles. The predicted molar refractivity (Wildman–Crippen MR) is 109 cm³/mol. The SMILES string of the molecule is COCC1(CN[C@@H]2C[C@H]2c2ccccc2)CCN(CC2(OC=O)CCC2)CC1. The van der Waals surface area contributed by atoms with Crippen molar-refractivity contribution in [2.75, 3.05) is 39.9 Å². The maximum atomic E-state index is 10.9. The van der Waals surface area contributed by atoms with Gasteiger partial charge in [0.05, 0.1) is 6.61 Å². The zero-order chi connectivity index (χ0) is 19.5. The van der Waals surface area contributed by atoms with Crippen LogP contribution in [0, 0.1) is 5.41 Å². The molecule has 2 atom stereocenters. The number of methoxy groups -OCH3 is 1. The van der Waals surface area contributed by atoms with Gasteiger partial charge in [0.15, 0.2) is 0 Å². The number of benzene rings is 1. The van der Waals surface area contributed by atoms with Crippen molar-refractivity contribution < 1.29 is 14.3 Å². The zero-order valence-corrected chi connectivity index (χ0v) is 17.1. The van der Waals surface area contributed by atoms with E-state index in [1.165, 1.54) is 18.4 Å². The van der Waals surface area contributed by atoms with Crippen molar-refractivity contribution in [3.8, 4) is 0 Å². The number of hydrogen-bond acceptors (Lipinski definition) is 5. The molecule has 0 spiro atoms. The van der Waals surface area contributed by atoms with E-state index in [0.29, 0.717) is 18.4 Å². The number of nitrogens with zero attached hydrogens (tertiary/aromatic N) is 1. The lowest BCUT2D eigenvalue weighted by atomic mass is 9.76. The normalized spacial score (nSPS) is 28.3. The first kappa shape index (κ1) is 19.9. The fourth-order valence-corrected chi connectivity index (χ4v) is 5.09. The minimum atomic E-state index is -0.210. The summed E-state index contributed by atoms with van der Waals surface area (Å²) in [6.07, 6.45) is 6.69. The number of piperidine rings is 1. The van der Waals surface area contributed by atoms with Crippen molar-refractivity contribution >= 4 is 6.47 Å². The van der Waals surface area contributed by atoms with Crippen molar-refractivity contribution in [1.82, 2.24) is 10.2 Å². The predicted octanol–water partition coefficient (Wildman–Crippen LogP) is 2.96. The van der Waals surface area contributed by atoms with Crippen LogP contribution in [-0.2, 0) is 14.3 Å². The Morgan fingerprint density at radius 3 is 2.54 bits per heavy atom.